The molecule has 0 fully saturated rings. The number of nitriles is 3. The first-order chi connectivity index (χ1) is 22.3. The number of hydrogen-bond donors (Lipinski definition) is 7. The van der Waals surface area contributed by atoms with Gasteiger partial charge in [-0.2, -0.15) is 15.8 Å². The predicted octanol–water partition coefficient (Wildman–Crippen LogP) is 5.51. The highest BCUT2D eigenvalue weighted by Gasteiger charge is 2.35. The maximum Gasteiger partial charge on any atom is 0.333 e. The number of aliphatic carboxylic acids is 2. The fraction of sp³-hybridized carbons (Fsp3) is 0.114. The van der Waals surface area contributed by atoms with Gasteiger partial charge in [0.25, 0.3) is 0 Å². The van der Waals surface area contributed by atoms with Crippen molar-refractivity contribution >= 4 is 46.2 Å². The van der Waals surface area contributed by atoms with Gasteiger partial charge in [-0.15, -0.1) is 0 Å². The molecular weight excluding hydrogens is 602 g/mol. The fourth-order valence-electron chi connectivity index (χ4n) is 4.75. The Morgan fingerprint density at radius 1 is 0.596 bits per heavy atom. The second-order valence-electron chi connectivity index (χ2n) is 10.8. The number of carboxylic acids is 2. The number of benzene rings is 4. The number of phenolic OH excluding ortho intramolecular Hbond substituents is 3. The molecule has 0 bridgehead atoms. The van der Waals surface area contributed by atoms with Crippen molar-refractivity contribution < 1.29 is 35.1 Å². The Hall–Kier alpha value is -6.97. The van der Waals surface area contributed by atoms with Crippen LogP contribution in [0.4, 0.5) is 11.4 Å². The Balaban J connectivity index is 0.000000161. The minimum absolute atomic E-state index is 0.0733. The van der Waals surface area contributed by atoms with E-state index in [4.69, 9.17) is 26.0 Å². The molecule has 2 aliphatic rings. The number of phenols is 3. The summed E-state index contributed by atoms with van der Waals surface area (Å²) in [6.07, 6.45) is 5.99. The zero-order valence-electron chi connectivity index (χ0n) is 25.0. The van der Waals surface area contributed by atoms with Crippen molar-refractivity contribution in [3.05, 3.63) is 101 Å². The molecule has 6 rings (SSSR count). The number of aromatic hydroxyl groups is 3. The van der Waals surface area contributed by atoms with Crippen molar-refractivity contribution in [2.75, 3.05) is 10.6 Å². The van der Waals surface area contributed by atoms with Crippen molar-refractivity contribution in [1.82, 2.24) is 0 Å². The van der Waals surface area contributed by atoms with Crippen molar-refractivity contribution in [2.45, 2.75) is 24.9 Å². The molecule has 4 aromatic carbocycles. The van der Waals surface area contributed by atoms with Crippen LogP contribution in [0.2, 0.25) is 0 Å². The second kappa shape index (κ2) is 12.9. The highest BCUT2D eigenvalue weighted by Crippen LogP contribution is 2.38. The third-order valence-corrected chi connectivity index (χ3v) is 7.53. The van der Waals surface area contributed by atoms with Crippen LogP contribution in [0.25, 0.3) is 22.9 Å². The highest BCUT2D eigenvalue weighted by atomic mass is 16.4. The molecule has 0 amide bonds. The number of nitrogens with one attached hydrogen (secondary N) is 2. The van der Waals surface area contributed by atoms with E-state index in [9.17, 15) is 24.9 Å². The number of fused-ring (bicyclic) bond motifs is 3. The van der Waals surface area contributed by atoms with Gasteiger partial charge in [-0.05, 0) is 62.4 Å². The van der Waals surface area contributed by atoms with Crippen LogP contribution in [0.15, 0.2) is 72.8 Å². The van der Waals surface area contributed by atoms with Gasteiger partial charge in [0.1, 0.15) is 17.2 Å². The fourth-order valence-corrected chi connectivity index (χ4v) is 4.75. The summed E-state index contributed by atoms with van der Waals surface area (Å²) in [5.74, 6) is -2.04. The second-order valence-corrected chi connectivity index (χ2v) is 10.8. The molecule has 2 unspecified atom stereocenters. The van der Waals surface area contributed by atoms with E-state index in [1.54, 1.807) is 18.2 Å². The van der Waals surface area contributed by atoms with Crippen LogP contribution in [0.5, 0.6) is 17.2 Å². The lowest BCUT2D eigenvalue weighted by Crippen LogP contribution is -2.42. The molecule has 7 N–H and O–H groups in total. The Kier molecular flexibility index (Phi) is 9.07. The van der Waals surface area contributed by atoms with Gasteiger partial charge in [0.15, 0.2) is 11.1 Å². The first-order valence-corrected chi connectivity index (χ1v) is 13.8. The van der Waals surface area contributed by atoms with E-state index in [0.717, 1.165) is 10.8 Å². The molecule has 2 atom stereocenters. The smallest absolute Gasteiger partial charge is 0.333 e. The van der Waals surface area contributed by atoms with Crippen LogP contribution in [-0.2, 0) is 9.59 Å². The molecule has 234 valence electrons. The summed E-state index contributed by atoms with van der Waals surface area (Å²) in [4.78, 5) is 22.2. The van der Waals surface area contributed by atoms with Gasteiger partial charge in [0.2, 0.25) is 0 Å². The van der Waals surface area contributed by atoms with E-state index >= 15 is 0 Å². The molecule has 0 saturated carbocycles. The summed E-state index contributed by atoms with van der Waals surface area (Å²) in [5.41, 5.74) is 0.360. The normalized spacial score (nSPS) is 18.0. The molecule has 47 heavy (non-hydrogen) atoms. The number of nitrogens with zero attached hydrogens (tertiary/aromatic N) is 3. The molecule has 4 aromatic rings. The van der Waals surface area contributed by atoms with Crippen LogP contribution in [0.1, 0.15) is 41.7 Å². The number of anilines is 2. The van der Waals surface area contributed by atoms with Crippen LogP contribution < -0.4 is 10.6 Å². The molecule has 0 spiro atoms. The SMILES string of the molecule is CC1(C(=O)O)C=Cc2c(C#N)ccc(O)c2N1.CC1(C(=O)O)C=Cc2c(C#N)ccc(O)c2N1.N#Cc1ccc(O)c2ccccc12. The van der Waals surface area contributed by atoms with E-state index in [0.29, 0.717) is 27.8 Å². The minimum atomic E-state index is -1.28. The molecule has 12 heteroatoms. The molecular formula is C35H27N5O7. The average molecular weight is 630 g/mol. The summed E-state index contributed by atoms with van der Waals surface area (Å²) < 4.78 is 0. The van der Waals surface area contributed by atoms with Gasteiger partial charge >= 0.3 is 11.9 Å². The number of carbonyl (C=O) groups is 2. The van der Waals surface area contributed by atoms with Crippen LogP contribution in [-0.4, -0.2) is 48.5 Å². The monoisotopic (exact) mass is 629 g/mol. The lowest BCUT2D eigenvalue weighted by atomic mass is 9.92. The van der Waals surface area contributed by atoms with Crippen LogP contribution >= 0.6 is 0 Å². The number of carboxylic acid groups (broad SMARTS) is 2. The van der Waals surface area contributed by atoms with Crippen LogP contribution in [0.3, 0.4) is 0 Å². The molecule has 2 aliphatic heterocycles. The molecule has 0 aromatic heterocycles. The quantitative estimate of drug-likeness (QED) is 0.136. The predicted molar refractivity (Wildman–Crippen MR) is 173 cm³/mol. The lowest BCUT2D eigenvalue weighted by Gasteiger charge is -2.29. The zero-order chi connectivity index (χ0) is 34.5. The first kappa shape index (κ1) is 32.9. The largest absolute Gasteiger partial charge is 0.507 e. The third-order valence-electron chi connectivity index (χ3n) is 7.53. The lowest BCUT2D eigenvalue weighted by molar-refractivity contribution is -0.140. The number of rotatable bonds is 2. The molecule has 0 aliphatic carbocycles. The summed E-state index contributed by atoms with van der Waals surface area (Å²) in [6.45, 7) is 2.96. The van der Waals surface area contributed by atoms with Gasteiger partial charge in [-0.1, -0.05) is 36.4 Å². The van der Waals surface area contributed by atoms with Crippen molar-refractivity contribution in [1.29, 1.82) is 15.8 Å². The highest BCUT2D eigenvalue weighted by molar-refractivity contribution is 5.94. The topological polar surface area (TPSA) is 231 Å². The summed E-state index contributed by atoms with van der Waals surface area (Å²) >= 11 is 0. The maximum atomic E-state index is 11.1. The van der Waals surface area contributed by atoms with Gasteiger partial charge in [0.05, 0.1) is 46.3 Å². The molecule has 2 heterocycles. The van der Waals surface area contributed by atoms with Gasteiger partial charge in [0, 0.05) is 21.9 Å². The minimum Gasteiger partial charge on any atom is -0.507 e. The van der Waals surface area contributed by atoms with Gasteiger partial charge in [-0.25, -0.2) is 9.59 Å². The van der Waals surface area contributed by atoms with E-state index in [2.05, 4.69) is 16.7 Å². The summed E-state index contributed by atoms with van der Waals surface area (Å²) in [7, 11) is 0. The Morgan fingerprint density at radius 3 is 1.38 bits per heavy atom. The molecule has 0 radical (unpaired) electrons. The molecule has 12 nitrogen and oxygen atoms in total. The van der Waals surface area contributed by atoms with Gasteiger partial charge in [-0.3, -0.25) is 0 Å². The molecule has 0 saturated heterocycles. The van der Waals surface area contributed by atoms with Crippen molar-refractivity contribution in [2.24, 2.45) is 0 Å². The third kappa shape index (κ3) is 6.46. The number of hydrogen-bond acceptors (Lipinski definition) is 10. The van der Waals surface area contributed by atoms with Gasteiger partial charge < -0.3 is 36.2 Å². The van der Waals surface area contributed by atoms with E-state index in [1.165, 1.54) is 62.4 Å². The average Bonchev–Trinajstić information content (AvgIpc) is 3.06. The van der Waals surface area contributed by atoms with E-state index < -0.39 is 23.0 Å². The maximum absolute atomic E-state index is 11.1. The van der Waals surface area contributed by atoms with E-state index in [-0.39, 0.29) is 28.6 Å². The zero-order valence-corrected chi connectivity index (χ0v) is 25.0. The van der Waals surface area contributed by atoms with E-state index in [1.807, 2.05) is 30.3 Å². The first-order valence-electron chi connectivity index (χ1n) is 13.8. The van der Waals surface area contributed by atoms with Crippen molar-refractivity contribution in [3.8, 4) is 35.5 Å². The Labute approximate surface area is 268 Å². The summed E-state index contributed by atoms with van der Waals surface area (Å²) in [6, 6.07) is 22.3. The van der Waals surface area contributed by atoms with Crippen molar-refractivity contribution in [3.63, 3.8) is 0 Å². The Bertz CT molecular complexity index is 2020. The summed E-state index contributed by atoms with van der Waals surface area (Å²) in [5, 5.41) is 80.6. The standard InChI is InChI=1S/2C12H10N2O3.C11H7NO/c2*1-12(11(16)17)5-4-8-7(6-13)2-3-9(15)10(8)14-12;12-7-8-5-6-11(13)10-4-2-1-3-9(8)10/h2*2-5,14-15H,1H3,(H,16,17);1-6,13H. The van der Waals surface area contributed by atoms with Crippen LogP contribution in [0, 0.1) is 34.0 Å². The Morgan fingerprint density at radius 2 is 0.979 bits per heavy atom.